The Morgan fingerprint density at radius 2 is 1.50 bits per heavy atom. The van der Waals surface area contributed by atoms with E-state index < -0.39 is 0 Å². The molecule has 2 nitrogen and oxygen atoms in total. The van der Waals surface area contributed by atoms with Crippen LogP contribution in [0.25, 0.3) is 0 Å². The summed E-state index contributed by atoms with van der Waals surface area (Å²) in [6.07, 6.45) is 0. The van der Waals surface area contributed by atoms with Crippen LogP contribution in [0.15, 0.2) is 36.4 Å². The minimum absolute atomic E-state index is 0.223. The molecule has 0 aliphatic heterocycles. The molecule has 20 heavy (non-hydrogen) atoms. The number of alkyl halides is 1. The second-order valence-electron chi connectivity index (χ2n) is 4.87. The van der Waals surface area contributed by atoms with Crippen LogP contribution >= 0.6 is 11.6 Å². The SMILES string of the molecule is COc1cc(OC)cc(C(Cl)c2ccc(C)cc2C)c1. The Hall–Kier alpha value is -1.67. The van der Waals surface area contributed by atoms with Crippen LogP contribution in [0.5, 0.6) is 11.5 Å². The Labute approximate surface area is 125 Å². The van der Waals surface area contributed by atoms with E-state index in [1.807, 2.05) is 18.2 Å². The van der Waals surface area contributed by atoms with Crippen molar-refractivity contribution >= 4 is 11.6 Å². The molecular formula is C17H19ClO2. The largest absolute Gasteiger partial charge is 0.497 e. The zero-order valence-electron chi connectivity index (χ0n) is 12.2. The number of aryl methyl sites for hydroxylation is 2. The van der Waals surface area contributed by atoms with Gasteiger partial charge in [0.2, 0.25) is 0 Å². The zero-order valence-corrected chi connectivity index (χ0v) is 13.0. The molecule has 0 N–H and O–H groups in total. The van der Waals surface area contributed by atoms with Crippen LogP contribution in [0.2, 0.25) is 0 Å². The van der Waals surface area contributed by atoms with Crippen molar-refractivity contribution in [3.8, 4) is 11.5 Å². The summed E-state index contributed by atoms with van der Waals surface area (Å²) in [5.74, 6) is 1.49. The summed E-state index contributed by atoms with van der Waals surface area (Å²) in [6, 6.07) is 12.0. The van der Waals surface area contributed by atoms with Crippen molar-refractivity contribution < 1.29 is 9.47 Å². The third kappa shape index (κ3) is 3.07. The summed E-state index contributed by atoms with van der Waals surface area (Å²) in [6.45, 7) is 4.16. The number of halogens is 1. The van der Waals surface area contributed by atoms with Gasteiger partial charge in [0, 0.05) is 6.07 Å². The molecule has 0 amide bonds. The first-order valence-electron chi connectivity index (χ1n) is 6.49. The summed E-state index contributed by atoms with van der Waals surface area (Å²) in [7, 11) is 3.28. The molecule has 2 aromatic carbocycles. The highest BCUT2D eigenvalue weighted by molar-refractivity contribution is 6.22. The smallest absolute Gasteiger partial charge is 0.122 e. The lowest BCUT2D eigenvalue weighted by Crippen LogP contribution is -1.98. The quantitative estimate of drug-likeness (QED) is 0.763. The topological polar surface area (TPSA) is 18.5 Å². The van der Waals surface area contributed by atoms with Crippen molar-refractivity contribution in [1.82, 2.24) is 0 Å². The fourth-order valence-corrected chi connectivity index (χ4v) is 2.64. The predicted octanol–water partition coefficient (Wildman–Crippen LogP) is 4.65. The molecule has 0 fully saturated rings. The monoisotopic (exact) mass is 290 g/mol. The number of rotatable bonds is 4. The Balaban J connectivity index is 2.44. The minimum atomic E-state index is -0.223. The van der Waals surface area contributed by atoms with E-state index in [4.69, 9.17) is 21.1 Å². The summed E-state index contributed by atoms with van der Waals surface area (Å²) in [5.41, 5.74) is 4.49. The molecule has 1 unspecified atom stereocenters. The van der Waals surface area contributed by atoms with Crippen LogP contribution in [0, 0.1) is 13.8 Å². The van der Waals surface area contributed by atoms with Crippen LogP contribution in [0.3, 0.4) is 0 Å². The number of benzene rings is 2. The van der Waals surface area contributed by atoms with Gasteiger partial charge in [-0.05, 0) is 42.7 Å². The molecule has 0 spiro atoms. The van der Waals surface area contributed by atoms with E-state index in [-0.39, 0.29) is 5.38 Å². The Kier molecular flexibility index (Phi) is 4.56. The van der Waals surface area contributed by atoms with Gasteiger partial charge in [-0.15, -0.1) is 11.6 Å². The van der Waals surface area contributed by atoms with Gasteiger partial charge < -0.3 is 9.47 Å². The maximum atomic E-state index is 6.64. The molecule has 0 bridgehead atoms. The highest BCUT2D eigenvalue weighted by atomic mass is 35.5. The van der Waals surface area contributed by atoms with Gasteiger partial charge in [0.25, 0.3) is 0 Å². The standard InChI is InChI=1S/C17H19ClO2/c1-11-5-6-16(12(2)7-11)17(18)13-8-14(19-3)10-15(9-13)20-4/h5-10,17H,1-4H3. The molecule has 2 rings (SSSR count). The summed E-state index contributed by atoms with van der Waals surface area (Å²) >= 11 is 6.64. The second-order valence-corrected chi connectivity index (χ2v) is 5.31. The van der Waals surface area contributed by atoms with Crippen molar-refractivity contribution in [3.05, 3.63) is 58.7 Å². The Morgan fingerprint density at radius 1 is 0.900 bits per heavy atom. The second kappa shape index (κ2) is 6.19. The van der Waals surface area contributed by atoms with Crippen LogP contribution in [-0.2, 0) is 0 Å². The predicted molar refractivity (Wildman–Crippen MR) is 83.2 cm³/mol. The molecular weight excluding hydrogens is 272 g/mol. The average Bonchev–Trinajstić information content (AvgIpc) is 2.46. The van der Waals surface area contributed by atoms with Crippen LogP contribution < -0.4 is 9.47 Å². The summed E-state index contributed by atoms with van der Waals surface area (Å²) in [5, 5.41) is -0.223. The Bertz CT molecular complexity index is 586. The molecule has 0 heterocycles. The van der Waals surface area contributed by atoms with Crippen molar-refractivity contribution in [2.45, 2.75) is 19.2 Å². The molecule has 0 aliphatic carbocycles. The van der Waals surface area contributed by atoms with Gasteiger partial charge in [-0.25, -0.2) is 0 Å². The van der Waals surface area contributed by atoms with E-state index in [1.54, 1.807) is 14.2 Å². The van der Waals surface area contributed by atoms with Gasteiger partial charge in [0.05, 0.1) is 19.6 Å². The molecule has 1 atom stereocenters. The maximum Gasteiger partial charge on any atom is 0.122 e. The van der Waals surface area contributed by atoms with Crippen molar-refractivity contribution in [2.75, 3.05) is 14.2 Å². The summed E-state index contributed by atoms with van der Waals surface area (Å²) in [4.78, 5) is 0. The highest BCUT2D eigenvalue weighted by Gasteiger charge is 2.15. The molecule has 106 valence electrons. The van der Waals surface area contributed by atoms with Crippen molar-refractivity contribution in [1.29, 1.82) is 0 Å². The zero-order chi connectivity index (χ0) is 14.7. The average molecular weight is 291 g/mol. The molecule has 0 aliphatic rings. The molecule has 2 aromatic rings. The lowest BCUT2D eigenvalue weighted by Gasteiger charge is -2.16. The number of ether oxygens (including phenoxy) is 2. The van der Waals surface area contributed by atoms with E-state index in [1.165, 1.54) is 11.1 Å². The summed E-state index contributed by atoms with van der Waals surface area (Å²) < 4.78 is 10.6. The van der Waals surface area contributed by atoms with E-state index >= 15 is 0 Å². The third-order valence-electron chi connectivity index (χ3n) is 3.36. The van der Waals surface area contributed by atoms with E-state index in [9.17, 15) is 0 Å². The van der Waals surface area contributed by atoms with Crippen molar-refractivity contribution in [3.63, 3.8) is 0 Å². The molecule has 0 radical (unpaired) electrons. The van der Waals surface area contributed by atoms with Crippen LogP contribution in [0.4, 0.5) is 0 Å². The molecule has 0 aromatic heterocycles. The first kappa shape index (κ1) is 14.7. The molecule has 3 heteroatoms. The van der Waals surface area contributed by atoms with E-state index in [0.29, 0.717) is 0 Å². The lowest BCUT2D eigenvalue weighted by molar-refractivity contribution is 0.393. The van der Waals surface area contributed by atoms with Gasteiger partial charge in [0.1, 0.15) is 11.5 Å². The maximum absolute atomic E-state index is 6.64. The molecule has 0 saturated carbocycles. The van der Waals surface area contributed by atoms with Crippen LogP contribution in [-0.4, -0.2) is 14.2 Å². The van der Waals surface area contributed by atoms with Gasteiger partial charge >= 0.3 is 0 Å². The Morgan fingerprint density at radius 3 is 2.00 bits per heavy atom. The number of methoxy groups -OCH3 is 2. The third-order valence-corrected chi connectivity index (χ3v) is 3.85. The van der Waals surface area contributed by atoms with Gasteiger partial charge in [-0.1, -0.05) is 23.8 Å². The fraction of sp³-hybridized carbons (Fsp3) is 0.294. The normalized spacial score (nSPS) is 12.1. The van der Waals surface area contributed by atoms with Gasteiger partial charge in [-0.2, -0.15) is 0 Å². The van der Waals surface area contributed by atoms with Crippen LogP contribution in [0.1, 0.15) is 27.6 Å². The first-order chi connectivity index (χ1) is 9.55. The number of hydrogen-bond acceptors (Lipinski definition) is 2. The van der Waals surface area contributed by atoms with Gasteiger partial charge in [0.15, 0.2) is 0 Å². The molecule has 0 saturated heterocycles. The van der Waals surface area contributed by atoms with E-state index in [0.717, 1.165) is 22.6 Å². The van der Waals surface area contributed by atoms with Gasteiger partial charge in [-0.3, -0.25) is 0 Å². The fourth-order valence-electron chi connectivity index (χ4n) is 2.27. The highest BCUT2D eigenvalue weighted by Crippen LogP contribution is 2.35. The number of hydrogen-bond donors (Lipinski definition) is 0. The lowest BCUT2D eigenvalue weighted by atomic mass is 9.98. The van der Waals surface area contributed by atoms with Crippen molar-refractivity contribution in [2.24, 2.45) is 0 Å². The first-order valence-corrected chi connectivity index (χ1v) is 6.93. The minimum Gasteiger partial charge on any atom is -0.497 e. The van der Waals surface area contributed by atoms with E-state index in [2.05, 4.69) is 32.0 Å².